The summed E-state index contributed by atoms with van der Waals surface area (Å²) in [5.41, 5.74) is 4.17. The first kappa shape index (κ1) is 22.2. The monoisotopic (exact) mass is 452 g/mol. The number of aromatic nitrogens is 3. The minimum Gasteiger partial charge on any atom is -0.322 e. The van der Waals surface area contributed by atoms with Crippen LogP contribution in [0.5, 0.6) is 0 Å². The van der Waals surface area contributed by atoms with Crippen molar-refractivity contribution in [3.63, 3.8) is 0 Å². The molecule has 0 amide bonds. The van der Waals surface area contributed by atoms with E-state index >= 15 is 0 Å². The molecule has 9 heteroatoms. The predicted octanol–water partition coefficient (Wildman–Crippen LogP) is 3.24. The molecule has 4 aromatic rings. The lowest BCUT2D eigenvalue weighted by Gasteiger charge is -2.16. The van der Waals surface area contributed by atoms with Crippen LogP contribution in [0.1, 0.15) is 17.2 Å². The predicted molar refractivity (Wildman–Crippen MR) is 117 cm³/mol. The lowest BCUT2D eigenvalue weighted by Crippen LogP contribution is -2.44. The molecule has 1 heterocycles. The van der Waals surface area contributed by atoms with E-state index in [4.69, 9.17) is 5.73 Å². The number of rotatable bonds is 6. The van der Waals surface area contributed by atoms with Crippen molar-refractivity contribution in [3.05, 3.63) is 122 Å². The fourth-order valence-corrected chi connectivity index (χ4v) is 3.48. The van der Waals surface area contributed by atoms with E-state index in [1.54, 1.807) is 30.3 Å². The highest BCUT2D eigenvalue weighted by Gasteiger charge is 2.21. The topological polar surface area (TPSA) is 82.9 Å². The van der Waals surface area contributed by atoms with Crippen LogP contribution < -0.4 is 17.0 Å². The highest BCUT2D eigenvalue weighted by molar-refractivity contribution is 5.58. The van der Waals surface area contributed by atoms with E-state index in [1.165, 1.54) is 24.3 Å². The second-order valence-electron chi connectivity index (χ2n) is 7.40. The van der Waals surface area contributed by atoms with Crippen LogP contribution in [-0.2, 0) is 13.1 Å². The van der Waals surface area contributed by atoms with Gasteiger partial charge in [0.15, 0.2) is 5.69 Å². The van der Waals surface area contributed by atoms with Gasteiger partial charge < -0.3 is 5.73 Å². The van der Waals surface area contributed by atoms with Crippen molar-refractivity contribution in [1.82, 2.24) is 14.3 Å². The molecule has 0 saturated heterocycles. The summed E-state index contributed by atoms with van der Waals surface area (Å²) in [6, 6.07) is 16.7. The second kappa shape index (κ2) is 9.25. The molecule has 33 heavy (non-hydrogen) atoms. The molecule has 1 unspecified atom stereocenters. The molecule has 1 atom stereocenters. The molecule has 3 aromatic carbocycles. The van der Waals surface area contributed by atoms with Crippen LogP contribution in [0.15, 0.2) is 82.4 Å². The summed E-state index contributed by atoms with van der Waals surface area (Å²) in [5.74, 6) is -2.49. The summed E-state index contributed by atoms with van der Waals surface area (Å²) in [4.78, 5) is 26.3. The van der Waals surface area contributed by atoms with Crippen LogP contribution in [0.4, 0.5) is 13.2 Å². The van der Waals surface area contributed by atoms with Crippen molar-refractivity contribution in [2.24, 2.45) is 5.73 Å². The summed E-state index contributed by atoms with van der Waals surface area (Å²) in [6.45, 7) is -0.842. The minimum atomic E-state index is -0.922. The number of nitrogens with zero attached hydrogens (tertiary/aromatic N) is 3. The van der Waals surface area contributed by atoms with Crippen molar-refractivity contribution >= 4 is 0 Å². The molecule has 0 aliphatic rings. The summed E-state index contributed by atoms with van der Waals surface area (Å²) in [7, 11) is 0. The molecule has 4 rings (SSSR count). The van der Waals surface area contributed by atoms with Gasteiger partial charge in [0.25, 0.3) is 5.56 Å². The van der Waals surface area contributed by atoms with Gasteiger partial charge >= 0.3 is 5.69 Å². The Kier molecular flexibility index (Phi) is 6.23. The van der Waals surface area contributed by atoms with E-state index in [-0.39, 0.29) is 17.8 Å². The molecule has 0 fully saturated rings. The van der Waals surface area contributed by atoms with Crippen LogP contribution in [0.2, 0.25) is 0 Å². The van der Waals surface area contributed by atoms with Crippen LogP contribution >= 0.6 is 0 Å². The zero-order chi connectivity index (χ0) is 23.5. The Balaban J connectivity index is 1.89. The first-order valence-electron chi connectivity index (χ1n) is 10.1. The maximum Gasteiger partial charge on any atom is 0.347 e. The Hall–Kier alpha value is -3.98. The number of hydrogen-bond donors (Lipinski definition) is 1. The van der Waals surface area contributed by atoms with Crippen LogP contribution in [-0.4, -0.2) is 14.3 Å². The van der Waals surface area contributed by atoms with Crippen molar-refractivity contribution in [2.45, 2.75) is 19.1 Å². The van der Waals surface area contributed by atoms with Crippen LogP contribution in [0.25, 0.3) is 11.3 Å². The van der Waals surface area contributed by atoms with Crippen LogP contribution in [0.3, 0.4) is 0 Å². The van der Waals surface area contributed by atoms with E-state index in [9.17, 15) is 22.8 Å². The number of nitrogens with two attached hydrogens (primary N) is 1. The molecular formula is C24H19F3N4O2. The van der Waals surface area contributed by atoms with E-state index in [1.807, 2.05) is 0 Å². The zero-order valence-electron chi connectivity index (χ0n) is 17.3. The smallest absolute Gasteiger partial charge is 0.322 e. The highest BCUT2D eigenvalue weighted by atomic mass is 19.1. The van der Waals surface area contributed by atoms with E-state index in [0.29, 0.717) is 5.56 Å². The van der Waals surface area contributed by atoms with Crippen molar-refractivity contribution in [2.75, 3.05) is 0 Å². The molecule has 6 nitrogen and oxygen atoms in total. The Labute approximate surface area is 186 Å². The maximum absolute atomic E-state index is 14.5. The van der Waals surface area contributed by atoms with E-state index in [2.05, 4.69) is 5.10 Å². The minimum absolute atomic E-state index is 0.146. The van der Waals surface area contributed by atoms with Crippen molar-refractivity contribution in [1.29, 1.82) is 0 Å². The molecular weight excluding hydrogens is 433 g/mol. The zero-order valence-corrected chi connectivity index (χ0v) is 17.3. The van der Waals surface area contributed by atoms with Crippen molar-refractivity contribution < 1.29 is 13.2 Å². The molecule has 1 aromatic heterocycles. The van der Waals surface area contributed by atoms with Gasteiger partial charge in [0.1, 0.15) is 17.5 Å². The number of benzene rings is 3. The maximum atomic E-state index is 14.5. The molecule has 0 saturated carbocycles. The molecule has 0 aliphatic heterocycles. The van der Waals surface area contributed by atoms with Gasteiger partial charge in [-0.05, 0) is 29.8 Å². The summed E-state index contributed by atoms with van der Waals surface area (Å²) in [6.07, 6.45) is 0. The lowest BCUT2D eigenvalue weighted by atomic mass is 10.1. The van der Waals surface area contributed by atoms with E-state index < -0.39 is 46.9 Å². The van der Waals surface area contributed by atoms with Gasteiger partial charge in [-0.3, -0.25) is 9.36 Å². The average molecular weight is 452 g/mol. The third kappa shape index (κ3) is 4.49. The Morgan fingerprint density at radius 2 is 1.42 bits per heavy atom. The summed E-state index contributed by atoms with van der Waals surface area (Å²) in [5, 5.41) is 3.98. The average Bonchev–Trinajstić information content (AvgIpc) is 2.81. The van der Waals surface area contributed by atoms with E-state index in [0.717, 1.165) is 27.4 Å². The Morgan fingerprint density at radius 1 is 0.818 bits per heavy atom. The highest BCUT2D eigenvalue weighted by Crippen LogP contribution is 2.18. The Bertz CT molecular complexity index is 1400. The summed E-state index contributed by atoms with van der Waals surface area (Å²) < 4.78 is 44.5. The standard InChI is InChI=1S/C24H19F3N4O2/c25-18-10-5-4-9-16(18)22-23(32)30(14-21(28)15-7-2-1-3-8-15)24(33)31(29-22)13-17-19(26)11-6-12-20(17)27/h1-12,21H,13-14,28H2. The normalized spacial score (nSPS) is 12.0. The van der Waals surface area contributed by atoms with Gasteiger partial charge in [-0.25, -0.2) is 22.6 Å². The first-order valence-corrected chi connectivity index (χ1v) is 10.1. The van der Waals surface area contributed by atoms with Crippen molar-refractivity contribution in [3.8, 4) is 11.3 Å². The largest absolute Gasteiger partial charge is 0.347 e. The fraction of sp³-hybridized carbons (Fsp3) is 0.125. The van der Waals surface area contributed by atoms with Gasteiger partial charge in [0.2, 0.25) is 0 Å². The molecule has 0 bridgehead atoms. The second-order valence-corrected chi connectivity index (χ2v) is 7.40. The van der Waals surface area contributed by atoms with Gasteiger partial charge in [-0.1, -0.05) is 48.5 Å². The molecule has 2 N–H and O–H groups in total. The molecule has 0 aliphatic carbocycles. The van der Waals surface area contributed by atoms with Gasteiger partial charge in [0.05, 0.1) is 13.1 Å². The van der Waals surface area contributed by atoms with Gasteiger partial charge in [-0.2, -0.15) is 5.10 Å². The SMILES string of the molecule is NC(Cn1c(=O)c(-c2ccccc2F)nn(Cc2c(F)cccc2F)c1=O)c1ccccc1. The Morgan fingerprint density at radius 3 is 2.09 bits per heavy atom. The van der Waals surface area contributed by atoms with Crippen LogP contribution in [0, 0.1) is 17.5 Å². The molecule has 168 valence electrons. The third-order valence-electron chi connectivity index (χ3n) is 5.23. The fourth-order valence-electron chi connectivity index (χ4n) is 3.48. The molecule has 0 radical (unpaired) electrons. The van der Waals surface area contributed by atoms with Gasteiger partial charge in [0, 0.05) is 17.2 Å². The number of hydrogen-bond acceptors (Lipinski definition) is 4. The first-order chi connectivity index (χ1) is 15.9. The quantitative estimate of drug-likeness (QED) is 0.487. The molecule has 0 spiro atoms. The van der Waals surface area contributed by atoms with Gasteiger partial charge in [-0.15, -0.1) is 0 Å². The number of halogens is 3. The third-order valence-corrected chi connectivity index (χ3v) is 5.23. The lowest BCUT2D eigenvalue weighted by molar-refractivity contribution is 0.467. The summed E-state index contributed by atoms with van der Waals surface area (Å²) >= 11 is 0.